The van der Waals surface area contributed by atoms with Crippen LogP contribution in [-0.4, -0.2) is 67.0 Å². The van der Waals surface area contributed by atoms with Crippen molar-refractivity contribution in [2.75, 3.05) is 13.1 Å². The number of carbonyl (C=O) groups is 3. The molecule has 0 bridgehead atoms. The Kier molecular flexibility index (Phi) is 11.1. The summed E-state index contributed by atoms with van der Waals surface area (Å²) in [5, 5.41) is 37.0. The van der Waals surface area contributed by atoms with Gasteiger partial charge >= 0.3 is 17.9 Å². The largest absolute Gasteiger partial charge is 0.481 e. The molecule has 0 amide bonds. The zero-order chi connectivity index (χ0) is 20.0. The van der Waals surface area contributed by atoms with Gasteiger partial charge in [-0.3, -0.25) is 9.59 Å². The van der Waals surface area contributed by atoms with Crippen LogP contribution in [0.2, 0.25) is 0 Å². The first kappa shape index (κ1) is 23.1. The second kappa shape index (κ2) is 12.5. The van der Waals surface area contributed by atoms with E-state index >= 15 is 0 Å². The Hall–Kier alpha value is -2.85. The molecule has 1 fully saturated rings. The monoisotopic (exact) mass is 369 g/mol. The van der Waals surface area contributed by atoms with E-state index in [-0.39, 0.29) is 0 Å². The highest BCUT2D eigenvalue weighted by molar-refractivity contribution is 5.88. The van der Waals surface area contributed by atoms with E-state index in [0.717, 1.165) is 5.56 Å². The lowest BCUT2D eigenvalue weighted by atomic mass is 9.96. The van der Waals surface area contributed by atoms with E-state index in [1.165, 1.54) is 32.3 Å². The minimum Gasteiger partial charge on any atom is -0.481 e. The molecule has 0 saturated carbocycles. The fraction of sp³-hybridized carbons (Fsp3) is 0.438. The Bertz CT molecular complexity index is 565. The number of carboxylic acid groups (broad SMARTS) is 3. The molecule has 10 nitrogen and oxygen atoms in total. The molecule has 5 N–H and O–H groups in total. The van der Waals surface area contributed by atoms with Crippen LogP contribution >= 0.6 is 0 Å². The van der Waals surface area contributed by atoms with Gasteiger partial charge in [-0.2, -0.15) is 0 Å². The van der Waals surface area contributed by atoms with Gasteiger partial charge in [-0.15, -0.1) is 0 Å². The molecule has 1 aliphatic heterocycles. The van der Waals surface area contributed by atoms with E-state index in [9.17, 15) is 14.4 Å². The summed E-state index contributed by atoms with van der Waals surface area (Å²) < 4.78 is 0. The molecular formula is C16H23N3O7. The zero-order valence-corrected chi connectivity index (χ0v) is 14.2. The van der Waals surface area contributed by atoms with Gasteiger partial charge in [0.2, 0.25) is 0 Å². The Morgan fingerprint density at radius 3 is 1.77 bits per heavy atom. The Balaban J connectivity index is 0.000000401. The summed E-state index contributed by atoms with van der Waals surface area (Å²) in [6, 6.07) is 0. The molecule has 0 spiro atoms. The van der Waals surface area contributed by atoms with Crippen molar-refractivity contribution in [3.05, 3.63) is 30.9 Å². The molecule has 2 rings (SSSR count). The Labute approximate surface area is 150 Å². The van der Waals surface area contributed by atoms with Gasteiger partial charge in [-0.1, -0.05) is 12.7 Å². The second-order valence-electron chi connectivity index (χ2n) is 5.31. The molecule has 144 valence electrons. The van der Waals surface area contributed by atoms with Gasteiger partial charge in [-0.05, 0) is 25.9 Å². The van der Waals surface area contributed by atoms with Gasteiger partial charge < -0.3 is 25.7 Å². The standard InChI is InChI=1S/C6H6N2.C6H8O7.C4H9N/c1-2-6-3-7-5-8-4-6;7-3(8)1-6(13,5(11)12)2-4(9)10;1-2-4-5-3-1/h2-5H,1H2;13H,1-2H2,(H,7,8)(H,9,10)(H,11,12);5H,1-4H2. The van der Waals surface area contributed by atoms with Crippen LogP contribution in [0.5, 0.6) is 0 Å². The van der Waals surface area contributed by atoms with E-state index in [0.29, 0.717) is 0 Å². The number of aliphatic carboxylic acids is 3. The van der Waals surface area contributed by atoms with Gasteiger partial charge in [0.05, 0.1) is 12.8 Å². The maximum atomic E-state index is 10.3. The number of nitrogens with one attached hydrogen (secondary N) is 1. The summed E-state index contributed by atoms with van der Waals surface area (Å²) >= 11 is 0. The average molecular weight is 369 g/mol. The molecule has 26 heavy (non-hydrogen) atoms. The second-order valence-corrected chi connectivity index (χ2v) is 5.31. The van der Waals surface area contributed by atoms with Crippen LogP contribution in [0.3, 0.4) is 0 Å². The summed E-state index contributed by atoms with van der Waals surface area (Å²) in [5.41, 5.74) is -1.79. The number of carboxylic acids is 3. The first-order valence-electron chi connectivity index (χ1n) is 7.69. The Morgan fingerprint density at radius 1 is 1.08 bits per heavy atom. The number of hydrogen-bond acceptors (Lipinski definition) is 7. The van der Waals surface area contributed by atoms with Crippen LogP contribution in [0.15, 0.2) is 25.3 Å². The van der Waals surface area contributed by atoms with Gasteiger partial charge in [0, 0.05) is 18.0 Å². The Morgan fingerprint density at radius 2 is 1.54 bits per heavy atom. The quantitative estimate of drug-likeness (QED) is 0.468. The summed E-state index contributed by atoms with van der Waals surface area (Å²) in [6.45, 7) is 6.05. The first-order chi connectivity index (χ1) is 12.2. The predicted octanol–water partition coefficient (Wildman–Crippen LogP) is 0.241. The molecule has 0 aromatic carbocycles. The fourth-order valence-electron chi connectivity index (χ4n) is 1.76. The van der Waals surface area contributed by atoms with Crippen molar-refractivity contribution in [1.29, 1.82) is 0 Å². The third-order valence-electron chi connectivity index (χ3n) is 3.06. The minimum atomic E-state index is -2.74. The lowest BCUT2D eigenvalue weighted by Crippen LogP contribution is -2.42. The maximum absolute atomic E-state index is 10.3. The average Bonchev–Trinajstić information content (AvgIpc) is 3.14. The molecular weight excluding hydrogens is 346 g/mol. The number of aliphatic hydroxyl groups is 1. The van der Waals surface area contributed by atoms with Crippen LogP contribution in [-0.2, 0) is 14.4 Å². The molecule has 10 heteroatoms. The number of rotatable bonds is 6. The topological polar surface area (TPSA) is 170 Å². The van der Waals surface area contributed by atoms with Crippen LogP contribution in [0.4, 0.5) is 0 Å². The smallest absolute Gasteiger partial charge is 0.336 e. The first-order valence-corrected chi connectivity index (χ1v) is 7.69. The molecule has 2 heterocycles. The SMILES string of the molecule is C1CCNC1.C=Cc1cncnc1.O=C(O)CC(O)(CC(=O)O)C(=O)O. The van der Waals surface area contributed by atoms with Crippen molar-refractivity contribution in [2.24, 2.45) is 0 Å². The molecule has 0 unspecified atom stereocenters. The fourth-order valence-corrected chi connectivity index (χ4v) is 1.76. The molecule has 0 aliphatic carbocycles. The predicted molar refractivity (Wildman–Crippen MR) is 91.3 cm³/mol. The lowest BCUT2D eigenvalue weighted by molar-refractivity contribution is -0.170. The molecule has 0 radical (unpaired) electrons. The van der Waals surface area contributed by atoms with Crippen LogP contribution in [0.1, 0.15) is 31.2 Å². The summed E-state index contributed by atoms with van der Waals surface area (Å²) in [5.74, 6) is -5.02. The van der Waals surface area contributed by atoms with Gasteiger partial charge in [0.1, 0.15) is 6.33 Å². The number of nitrogens with zero attached hydrogens (tertiary/aromatic N) is 2. The van der Waals surface area contributed by atoms with Crippen molar-refractivity contribution >= 4 is 24.0 Å². The molecule has 0 atom stereocenters. The van der Waals surface area contributed by atoms with Crippen LogP contribution < -0.4 is 5.32 Å². The van der Waals surface area contributed by atoms with Gasteiger partial charge in [0.25, 0.3) is 0 Å². The highest BCUT2D eigenvalue weighted by atomic mass is 16.4. The zero-order valence-electron chi connectivity index (χ0n) is 14.2. The van der Waals surface area contributed by atoms with Crippen molar-refractivity contribution in [3.63, 3.8) is 0 Å². The molecule has 1 aromatic heterocycles. The number of aromatic nitrogens is 2. The van der Waals surface area contributed by atoms with Crippen LogP contribution in [0.25, 0.3) is 6.08 Å². The maximum Gasteiger partial charge on any atom is 0.336 e. The van der Waals surface area contributed by atoms with Crippen molar-refractivity contribution in [2.45, 2.75) is 31.3 Å². The van der Waals surface area contributed by atoms with Gasteiger partial charge in [0.15, 0.2) is 5.60 Å². The van der Waals surface area contributed by atoms with Crippen molar-refractivity contribution < 1.29 is 34.8 Å². The number of hydrogen-bond donors (Lipinski definition) is 5. The van der Waals surface area contributed by atoms with Crippen molar-refractivity contribution in [3.8, 4) is 0 Å². The summed E-state index contributed by atoms with van der Waals surface area (Å²) in [7, 11) is 0. The summed E-state index contributed by atoms with van der Waals surface area (Å²) in [6.07, 6.45) is 7.11. The van der Waals surface area contributed by atoms with Gasteiger partial charge in [-0.25, -0.2) is 14.8 Å². The van der Waals surface area contributed by atoms with E-state index < -0.39 is 36.4 Å². The third kappa shape index (κ3) is 10.8. The van der Waals surface area contributed by atoms with E-state index in [1.54, 1.807) is 18.5 Å². The summed E-state index contributed by atoms with van der Waals surface area (Å²) in [4.78, 5) is 38.0. The molecule has 1 saturated heterocycles. The van der Waals surface area contributed by atoms with E-state index in [1.807, 2.05) is 0 Å². The minimum absolute atomic E-state index is 0.951. The molecule has 1 aliphatic rings. The van der Waals surface area contributed by atoms with E-state index in [2.05, 4.69) is 21.9 Å². The van der Waals surface area contributed by atoms with Crippen molar-refractivity contribution in [1.82, 2.24) is 15.3 Å². The highest BCUT2D eigenvalue weighted by Gasteiger charge is 2.40. The van der Waals surface area contributed by atoms with Crippen LogP contribution in [0, 0.1) is 0 Å². The third-order valence-corrected chi connectivity index (χ3v) is 3.06. The normalized spacial score (nSPS) is 12.7. The van der Waals surface area contributed by atoms with E-state index in [4.69, 9.17) is 20.4 Å². The molecule has 1 aromatic rings. The highest BCUT2D eigenvalue weighted by Crippen LogP contribution is 2.15. The lowest BCUT2D eigenvalue weighted by Gasteiger charge is -2.18.